The summed E-state index contributed by atoms with van der Waals surface area (Å²) in [5, 5.41) is 3.38. The molecule has 0 radical (unpaired) electrons. The number of benzene rings is 1. The number of aryl methyl sites for hydroxylation is 1. The normalized spacial score (nSPS) is 12.2. The minimum Gasteiger partial charge on any atom is -0.463 e. The minimum atomic E-state index is -0.472. The van der Waals surface area contributed by atoms with Crippen LogP contribution in [0.3, 0.4) is 0 Å². The van der Waals surface area contributed by atoms with E-state index in [4.69, 9.17) is 4.42 Å². The number of halogens is 1. The summed E-state index contributed by atoms with van der Waals surface area (Å²) in [7, 11) is 1.34. The topological polar surface area (TPSA) is 51.5 Å². The fourth-order valence-electron chi connectivity index (χ4n) is 2.17. The molecule has 5 heteroatoms. The molecule has 0 spiro atoms. The van der Waals surface area contributed by atoms with Crippen LogP contribution in [0.1, 0.15) is 40.4 Å². The van der Waals surface area contributed by atoms with E-state index in [0.29, 0.717) is 5.76 Å². The van der Waals surface area contributed by atoms with Crippen molar-refractivity contribution >= 4 is 21.9 Å². The molecule has 112 valence electrons. The Kier molecular flexibility index (Phi) is 5.20. The third kappa shape index (κ3) is 3.54. The van der Waals surface area contributed by atoms with Gasteiger partial charge >= 0.3 is 5.97 Å². The molecule has 0 saturated carbocycles. The van der Waals surface area contributed by atoms with Crippen molar-refractivity contribution in [3.05, 3.63) is 57.5 Å². The van der Waals surface area contributed by atoms with Crippen molar-refractivity contribution in [2.75, 3.05) is 13.7 Å². The first kappa shape index (κ1) is 15.8. The van der Waals surface area contributed by atoms with E-state index in [0.717, 1.165) is 22.1 Å². The number of esters is 1. The first-order valence-electron chi connectivity index (χ1n) is 6.74. The second kappa shape index (κ2) is 6.91. The molecule has 1 atom stereocenters. The predicted octanol–water partition coefficient (Wildman–Crippen LogP) is 3.84. The Hall–Kier alpha value is -1.59. The summed E-state index contributed by atoms with van der Waals surface area (Å²) >= 11 is 3.57. The second-order valence-corrected chi connectivity index (χ2v) is 5.56. The Morgan fingerprint density at radius 2 is 2.14 bits per heavy atom. The summed E-state index contributed by atoms with van der Waals surface area (Å²) in [6.07, 6.45) is 0. The summed E-state index contributed by atoms with van der Waals surface area (Å²) < 4.78 is 11.3. The van der Waals surface area contributed by atoms with Gasteiger partial charge in [0.2, 0.25) is 5.76 Å². The van der Waals surface area contributed by atoms with Crippen LogP contribution in [0.4, 0.5) is 0 Å². The number of methoxy groups -OCH3 is 1. The highest BCUT2D eigenvalue weighted by Gasteiger charge is 2.21. The van der Waals surface area contributed by atoms with Crippen molar-refractivity contribution in [3.63, 3.8) is 0 Å². The lowest BCUT2D eigenvalue weighted by Gasteiger charge is -2.18. The van der Waals surface area contributed by atoms with Crippen LogP contribution in [-0.2, 0) is 4.74 Å². The lowest BCUT2D eigenvalue weighted by molar-refractivity contribution is 0.0562. The fourth-order valence-corrected chi connectivity index (χ4v) is 2.65. The first-order valence-corrected chi connectivity index (χ1v) is 7.53. The highest BCUT2D eigenvalue weighted by Crippen LogP contribution is 2.30. The van der Waals surface area contributed by atoms with E-state index in [1.807, 2.05) is 26.0 Å². The SMILES string of the molecule is CCNC(c1ccc(C(=O)OC)o1)c1cc(C)ccc1Br. The number of hydrogen-bond donors (Lipinski definition) is 1. The van der Waals surface area contributed by atoms with Crippen molar-refractivity contribution in [2.45, 2.75) is 19.9 Å². The summed E-state index contributed by atoms with van der Waals surface area (Å²) in [6.45, 7) is 4.85. The Labute approximate surface area is 132 Å². The lowest BCUT2D eigenvalue weighted by Crippen LogP contribution is -2.22. The number of carbonyl (C=O) groups is 1. The van der Waals surface area contributed by atoms with E-state index in [2.05, 4.69) is 32.0 Å². The molecule has 1 unspecified atom stereocenters. The average molecular weight is 352 g/mol. The summed E-state index contributed by atoms with van der Waals surface area (Å²) in [5.41, 5.74) is 2.23. The van der Waals surface area contributed by atoms with E-state index in [9.17, 15) is 4.79 Å². The highest BCUT2D eigenvalue weighted by atomic mass is 79.9. The van der Waals surface area contributed by atoms with Gasteiger partial charge < -0.3 is 14.5 Å². The zero-order chi connectivity index (χ0) is 15.4. The van der Waals surface area contributed by atoms with Gasteiger partial charge in [0, 0.05) is 4.47 Å². The smallest absolute Gasteiger partial charge is 0.373 e. The van der Waals surface area contributed by atoms with Crippen molar-refractivity contribution < 1.29 is 13.9 Å². The molecule has 0 bridgehead atoms. The Balaban J connectivity index is 2.41. The minimum absolute atomic E-state index is 0.123. The van der Waals surface area contributed by atoms with E-state index >= 15 is 0 Å². The Bertz CT molecular complexity index is 636. The average Bonchev–Trinajstić information content (AvgIpc) is 2.96. The van der Waals surface area contributed by atoms with Crippen LogP contribution in [-0.4, -0.2) is 19.6 Å². The fraction of sp³-hybridized carbons (Fsp3) is 0.312. The molecule has 0 aliphatic carbocycles. The van der Waals surface area contributed by atoms with Crippen LogP contribution in [0, 0.1) is 6.92 Å². The lowest BCUT2D eigenvalue weighted by atomic mass is 10.0. The number of nitrogens with one attached hydrogen (secondary N) is 1. The van der Waals surface area contributed by atoms with Crippen LogP contribution < -0.4 is 5.32 Å². The molecule has 0 aliphatic rings. The van der Waals surface area contributed by atoms with Gasteiger partial charge in [-0.15, -0.1) is 0 Å². The maximum atomic E-state index is 11.5. The van der Waals surface area contributed by atoms with Gasteiger partial charge in [0.15, 0.2) is 0 Å². The van der Waals surface area contributed by atoms with Crippen molar-refractivity contribution in [1.82, 2.24) is 5.32 Å². The molecule has 21 heavy (non-hydrogen) atoms. The van der Waals surface area contributed by atoms with Gasteiger partial charge in [-0.05, 0) is 37.2 Å². The van der Waals surface area contributed by atoms with Gasteiger partial charge in [0.05, 0.1) is 13.2 Å². The zero-order valence-electron chi connectivity index (χ0n) is 12.3. The quantitative estimate of drug-likeness (QED) is 0.831. The van der Waals surface area contributed by atoms with Crippen molar-refractivity contribution in [3.8, 4) is 0 Å². The zero-order valence-corrected chi connectivity index (χ0v) is 13.9. The molecular weight excluding hydrogens is 334 g/mol. The molecule has 1 N–H and O–H groups in total. The first-order chi connectivity index (χ1) is 10.1. The van der Waals surface area contributed by atoms with E-state index in [1.165, 1.54) is 7.11 Å². The van der Waals surface area contributed by atoms with Crippen molar-refractivity contribution in [2.24, 2.45) is 0 Å². The molecule has 4 nitrogen and oxygen atoms in total. The maximum Gasteiger partial charge on any atom is 0.373 e. The summed E-state index contributed by atoms with van der Waals surface area (Å²) in [6, 6.07) is 9.46. The maximum absolute atomic E-state index is 11.5. The predicted molar refractivity (Wildman–Crippen MR) is 84.4 cm³/mol. The van der Waals surface area contributed by atoms with Crippen LogP contribution >= 0.6 is 15.9 Å². The van der Waals surface area contributed by atoms with Crippen molar-refractivity contribution in [1.29, 1.82) is 0 Å². The third-order valence-corrected chi connectivity index (χ3v) is 3.89. The molecule has 2 aromatic rings. The number of carbonyl (C=O) groups excluding carboxylic acids is 1. The van der Waals surface area contributed by atoms with E-state index in [-0.39, 0.29) is 11.8 Å². The summed E-state index contributed by atoms with van der Waals surface area (Å²) in [5.74, 6) is 0.419. The summed E-state index contributed by atoms with van der Waals surface area (Å²) in [4.78, 5) is 11.5. The van der Waals surface area contributed by atoms with E-state index in [1.54, 1.807) is 12.1 Å². The number of rotatable bonds is 5. The van der Waals surface area contributed by atoms with Crippen LogP contribution in [0.25, 0.3) is 0 Å². The van der Waals surface area contributed by atoms with Crippen LogP contribution in [0.2, 0.25) is 0 Å². The van der Waals surface area contributed by atoms with Gasteiger partial charge in [-0.1, -0.05) is 40.5 Å². The number of furan rings is 1. The monoisotopic (exact) mass is 351 g/mol. The molecular formula is C16H18BrNO3. The largest absolute Gasteiger partial charge is 0.463 e. The number of hydrogen-bond acceptors (Lipinski definition) is 4. The Morgan fingerprint density at radius 3 is 2.81 bits per heavy atom. The van der Waals surface area contributed by atoms with Crippen LogP contribution in [0.5, 0.6) is 0 Å². The highest BCUT2D eigenvalue weighted by molar-refractivity contribution is 9.10. The molecule has 0 fully saturated rings. The molecule has 1 aromatic heterocycles. The van der Waals surface area contributed by atoms with E-state index < -0.39 is 5.97 Å². The van der Waals surface area contributed by atoms with Gasteiger partial charge in [0.25, 0.3) is 0 Å². The molecule has 0 saturated heterocycles. The Morgan fingerprint density at radius 1 is 1.38 bits per heavy atom. The molecule has 2 rings (SSSR count). The molecule has 1 aromatic carbocycles. The van der Waals surface area contributed by atoms with Gasteiger partial charge in [-0.2, -0.15) is 0 Å². The standard InChI is InChI=1S/C16H18BrNO3/c1-4-18-15(11-9-10(2)5-6-12(11)17)13-7-8-14(21-13)16(19)20-3/h5-9,15,18H,4H2,1-3H3. The van der Waals surface area contributed by atoms with Gasteiger partial charge in [-0.3, -0.25) is 0 Å². The second-order valence-electron chi connectivity index (χ2n) is 4.71. The molecule has 0 aliphatic heterocycles. The van der Waals surface area contributed by atoms with Crippen LogP contribution in [0.15, 0.2) is 39.2 Å². The van der Waals surface area contributed by atoms with Gasteiger partial charge in [-0.25, -0.2) is 4.79 Å². The third-order valence-electron chi connectivity index (χ3n) is 3.17. The number of ether oxygens (including phenoxy) is 1. The molecule has 1 heterocycles. The van der Waals surface area contributed by atoms with Gasteiger partial charge in [0.1, 0.15) is 5.76 Å². The molecule has 0 amide bonds.